The molecule has 0 aliphatic heterocycles. The number of fused-ring (bicyclic) bond motifs is 3. The lowest BCUT2D eigenvalue weighted by Crippen LogP contribution is -2.44. The second-order valence-electron chi connectivity index (χ2n) is 7.05. The van der Waals surface area contributed by atoms with Crippen molar-refractivity contribution in [3.05, 3.63) is 85.0 Å². The van der Waals surface area contributed by atoms with Crippen molar-refractivity contribution in [3.63, 3.8) is 0 Å². The summed E-state index contributed by atoms with van der Waals surface area (Å²) in [7, 11) is 0. The predicted octanol–water partition coefficient (Wildman–Crippen LogP) is 4.18. The van der Waals surface area contributed by atoms with Crippen LogP contribution in [-0.2, 0) is 11.8 Å². The largest absolute Gasteiger partial charge is 0.333 e. The van der Waals surface area contributed by atoms with E-state index < -0.39 is 5.69 Å². The number of hydrogen-bond acceptors (Lipinski definition) is 2. The fourth-order valence-electron chi connectivity index (χ4n) is 3.85. The molecule has 1 aliphatic rings. The Morgan fingerprint density at radius 3 is 2.50 bits per heavy atom. The van der Waals surface area contributed by atoms with E-state index in [0.717, 1.165) is 22.9 Å². The van der Waals surface area contributed by atoms with Crippen LogP contribution in [0.3, 0.4) is 0 Å². The second-order valence-corrected chi connectivity index (χ2v) is 7.96. The molecular formula is C21H19BrN2O2. The van der Waals surface area contributed by atoms with Crippen molar-refractivity contribution < 1.29 is 0 Å². The Morgan fingerprint density at radius 2 is 1.81 bits per heavy atom. The van der Waals surface area contributed by atoms with E-state index in [1.165, 1.54) is 10.1 Å². The van der Waals surface area contributed by atoms with E-state index >= 15 is 0 Å². The molecule has 0 saturated heterocycles. The zero-order valence-corrected chi connectivity index (χ0v) is 16.3. The van der Waals surface area contributed by atoms with Gasteiger partial charge >= 0.3 is 5.69 Å². The van der Waals surface area contributed by atoms with Gasteiger partial charge in [0.25, 0.3) is 5.56 Å². The molecule has 1 aromatic heterocycles. The molecule has 0 fully saturated rings. The van der Waals surface area contributed by atoms with E-state index in [-0.39, 0.29) is 11.0 Å². The van der Waals surface area contributed by atoms with Crippen LogP contribution in [0.1, 0.15) is 31.4 Å². The zero-order valence-electron chi connectivity index (χ0n) is 14.7. The summed E-state index contributed by atoms with van der Waals surface area (Å²) in [5, 5.41) is 0. The third-order valence-electron chi connectivity index (χ3n) is 5.44. The number of benzene rings is 2. The summed E-state index contributed by atoms with van der Waals surface area (Å²) in [6.45, 7) is 4.19. The monoisotopic (exact) mass is 410 g/mol. The van der Waals surface area contributed by atoms with Crippen molar-refractivity contribution in [2.75, 3.05) is 0 Å². The molecule has 0 radical (unpaired) electrons. The highest BCUT2D eigenvalue weighted by Gasteiger charge is 2.37. The first-order valence-corrected chi connectivity index (χ1v) is 9.48. The third kappa shape index (κ3) is 2.50. The Bertz CT molecular complexity index is 1110. The van der Waals surface area contributed by atoms with Gasteiger partial charge in [-0.25, -0.2) is 9.36 Å². The highest BCUT2D eigenvalue weighted by molar-refractivity contribution is 9.10. The number of halogens is 1. The average Bonchev–Trinajstić information content (AvgIpc) is 2.63. The first-order valence-electron chi connectivity index (χ1n) is 8.68. The Kier molecular flexibility index (Phi) is 3.99. The van der Waals surface area contributed by atoms with Gasteiger partial charge in [-0.15, -0.1) is 0 Å². The van der Waals surface area contributed by atoms with Gasteiger partial charge in [-0.2, -0.15) is 0 Å². The third-order valence-corrected chi connectivity index (χ3v) is 5.97. The fraction of sp³-hybridized carbons (Fsp3) is 0.238. The lowest BCUT2D eigenvalue weighted by molar-refractivity contribution is 0.437. The van der Waals surface area contributed by atoms with Gasteiger partial charge in [0.2, 0.25) is 0 Å². The number of aromatic nitrogens is 2. The lowest BCUT2D eigenvalue weighted by atomic mass is 9.69. The highest BCUT2D eigenvalue weighted by Crippen LogP contribution is 2.41. The van der Waals surface area contributed by atoms with Crippen LogP contribution in [0.2, 0.25) is 0 Å². The van der Waals surface area contributed by atoms with Crippen LogP contribution in [0.25, 0.3) is 16.9 Å². The van der Waals surface area contributed by atoms with Crippen LogP contribution in [0.4, 0.5) is 0 Å². The maximum Gasteiger partial charge on any atom is 0.333 e. The van der Waals surface area contributed by atoms with Crippen molar-refractivity contribution in [2.24, 2.45) is 0 Å². The normalized spacial score (nSPS) is 18.3. The number of hydrogen-bond donors (Lipinski definition) is 1. The van der Waals surface area contributed by atoms with Crippen molar-refractivity contribution in [2.45, 2.75) is 32.1 Å². The van der Waals surface area contributed by atoms with Crippen molar-refractivity contribution in [1.29, 1.82) is 0 Å². The molecule has 1 atom stereocenters. The van der Waals surface area contributed by atoms with E-state index in [2.05, 4.69) is 40.8 Å². The molecule has 2 aromatic carbocycles. The summed E-state index contributed by atoms with van der Waals surface area (Å²) in [5.74, 6) is 0. The van der Waals surface area contributed by atoms with Crippen LogP contribution >= 0.6 is 15.9 Å². The topological polar surface area (TPSA) is 54.9 Å². The Labute approximate surface area is 159 Å². The van der Waals surface area contributed by atoms with Crippen molar-refractivity contribution >= 4 is 15.9 Å². The minimum absolute atomic E-state index is 0.232. The van der Waals surface area contributed by atoms with E-state index in [1.807, 2.05) is 30.3 Å². The SMILES string of the molecule is CCC1(C)Cc2ccccc2-c2[nH]c(=O)n(-c3ccc(Br)cc3)c(=O)c21. The van der Waals surface area contributed by atoms with Gasteiger partial charge in [-0.05, 0) is 42.7 Å². The second kappa shape index (κ2) is 6.09. The molecule has 0 saturated carbocycles. The number of aromatic amines is 1. The van der Waals surface area contributed by atoms with Crippen LogP contribution in [0.15, 0.2) is 62.6 Å². The van der Waals surface area contributed by atoms with E-state index in [4.69, 9.17) is 0 Å². The molecule has 0 spiro atoms. The fourth-order valence-corrected chi connectivity index (χ4v) is 4.12. The van der Waals surface area contributed by atoms with E-state index in [0.29, 0.717) is 16.9 Å². The molecule has 3 aromatic rings. The molecule has 5 heteroatoms. The summed E-state index contributed by atoms with van der Waals surface area (Å²) >= 11 is 3.39. The number of rotatable bonds is 2. The smallest absolute Gasteiger partial charge is 0.306 e. The van der Waals surface area contributed by atoms with Gasteiger partial charge < -0.3 is 4.98 Å². The summed E-state index contributed by atoms with van der Waals surface area (Å²) in [4.78, 5) is 29.2. The maximum absolute atomic E-state index is 13.4. The Balaban J connectivity index is 2.08. The summed E-state index contributed by atoms with van der Waals surface area (Å²) in [6, 6.07) is 15.2. The molecule has 4 rings (SSSR count). The number of H-pyrrole nitrogens is 1. The molecular weight excluding hydrogens is 392 g/mol. The minimum atomic E-state index is -0.411. The molecule has 4 nitrogen and oxygen atoms in total. The molecule has 26 heavy (non-hydrogen) atoms. The van der Waals surface area contributed by atoms with Crippen LogP contribution in [-0.4, -0.2) is 9.55 Å². The molecule has 1 unspecified atom stereocenters. The molecule has 1 heterocycles. The van der Waals surface area contributed by atoms with Crippen molar-refractivity contribution in [1.82, 2.24) is 9.55 Å². The molecule has 1 N–H and O–H groups in total. The van der Waals surface area contributed by atoms with Crippen LogP contribution in [0, 0.1) is 0 Å². The first kappa shape index (κ1) is 17.0. The molecule has 132 valence electrons. The summed E-state index contributed by atoms with van der Waals surface area (Å²) in [6.07, 6.45) is 1.60. The maximum atomic E-state index is 13.4. The van der Waals surface area contributed by atoms with Gasteiger partial charge in [0, 0.05) is 21.0 Å². The Hall–Kier alpha value is -2.40. The van der Waals surface area contributed by atoms with Gasteiger partial charge in [0.15, 0.2) is 0 Å². The minimum Gasteiger partial charge on any atom is -0.306 e. The number of nitrogens with one attached hydrogen (secondary N) is 1. The summed E-state index contributed by atoms with van der Waals surface area (Å²) in [5.41, 5.74) is 3.09. The number of nitrogens with zero attached hydrogens (tertiary/aromatic N) is 1. The van der Waals surface area contributed by atoms with E-state index in [9.17, 15) is 9.59 Å². The van der Waals surface area contributed by atoms with Crippen LogP contribution < -0.4 is 11.2 Å². The predicted molar refractivity (Wildman–Crippen MR) is 107 cm³/mol. The molecule has 0 amide bonds. The highest BCUT2D eigenvalue weighted by atomic mass is 79.9. The van der Waals surface area contributed by atoms with Gasteiger partial charge in [0.1, 0.15) is 0 Å². The lowest BCUT2D eigenvalue weighted by Gasteiger charge is -2.35. The quantitative estimate of drug-likeness (QED) is 0.688. The van der Waals surface area contributed by atoms with Gasteiger partial charge in [-0.1, -0.05) is 54.0 Å². The first-order chi connectivity index (χ1) is 12.4. The molecule has 1 aliphatic carbocycles. The molecule has 0 bridgehead atoms. The van der Waals surface area contributed by atoms with Crippen molar-refractivity contribution in [3.8, 4) is 16.9 Å². The van der Waals surface area contributed by atoms with E-state index in [1.54, 1.807) is 12.1 Å². The average molecular weight is 411 g/mol. The van der Waals surface area contributed by atoms with Crippen LogP contribution in [0.5, 0.6) is 0 Å². The Morgan fingerprint density at radius 1 is 1.12 bits per heavy atom. The standard InChI is InChI=1S/C21H19BrN2O2/c1-3-21(2)12-13-6-4-5-7-16(13)18-17(21)19(25)24(20(26)23-18)15-10-8-14(22)9-11-15/h4-11H,3,12H2,1-2H3,(H,23,26). The zero-order chi connectivity index (χ0) is 18.5. The van der Waals surface area contributed by atoms with Gasteiger partial charge in [0.05, 0.1) is 11.4 Å². The van der Waals surface area contributed by atoms with Gasteiger partial charge in [-0.3, -0.25) is 4.79 Å². The summed E-state index contributed by atoms with van der Waals surface area (Å²) < 4.78 is 2.14.